The van der Waals surface area contributed by atoms with Gasteiger partial charge in [0.2, 0.25) is 11.8 Å². The number of rotatable bonds is 4. The Bertz CT molecular complexity index is 594. The first-order valence-electron chi connectivity index (χ1n) is 8.59. The van der Waals surface area contributed by atoms with E-state index in [1.165, 1.54) is 0 Å². The molecule has 2 heterocycles. The molecule has 2 aliphatic heterocycles. The molecular formula is C18H25N3O3. The molecule has 24 heavy (non-hydrogen) atoms. The summed E-state index contributed by atoms with van der Waals surface area (Å²) in [6, 6.07) is 7.49. The molecule has 0 unspecified atom stereocenters. The van der Waals surface area contributed by atoms with Crippen LogP contribution in [0.4, 0.5) is 5.69 Å². The number of carbonyl (C=O) groups is 2. The fourth-order valence-corrected chi connectivity index (χ4v) is 3.30. The molecule has 6 heteroatoms. The van der Waals surface area contributed by atoms with Crippen molar-refractivity contribution in [3.63, 3.8) is 0 Å². The molecule has 0 aliphatic carbocycles. The van der Waals surface area contributed by atoms with Gasteiger partial charge in [-0.3, -0.25) is 9.59 Å². The predicted molar refractivity (Wildman–Crippen MR) is 92.1 cm³/mol. The smallest absolute Gasteiger partial charge is 0.228 e. The zero-order valence-corrected chi connectivity index (χ0v) is 14.4. The molecule has 1 atom stereocenters. The number of carbonyl (C=O) groups excluding carboxylic acids is 2. The summed E-state index contributed by atoms with van der Waals surface area (Å²) in [6.07, 6.45) is 0.304. The largest absolute Gasteiger partial charge is 0.494 e. The number of piperazine rings is 1. The normalized spacial score (nSPS) is 22.1. The lowest BCUT2D eigenvalue weighted by Crippen LogP contribution is -2.49. The lowest BCUT2D eigenvalue weighted by atomic mass is 10.1. The fraction of sp³-hybridized carbons (Fsp3) is 0.556. The lowest BCUT2D eigenvalue weighted by Gasteiger charge is -2.33. The maximum atomic E-state index is 12.7. The Morgan fingerprint density at radius 2 is 1.83 bits per heavy atom. The maximum Gasteiger partial charge on any atom is 0.228 e. The van der Waals surface area contributed by atoms with Crippen LogP contribution in [-0.4, -0.2) is 68.0 Å². The van der Waals surface area contributed by atoms with Crippen molar-refractivity contribution in [2.24, 2.45) is 5.92 Å². The summed E-state index contributed by atoms with van der Waals surface area (Å²) in [4.78, 5) is 30.9. The monoisotopic (exact) mass is 331 g/mol. The van der Waals surface area contributed by atoms with E-state index in [4.69, 9.17) is 4.74 Å². The highest BCUT2D eigenvalue weighted by Crippen LogP contribution is 2.28. The number of hydrogen-bond donors (Lipinski definition) is 0. The Balaban J connectivity index is 1.63. The van der Waals surface area contributed by atoms with Gasteiger partial charge in [0.1, 0.15) is 5.75 Å². The van der Waals surface area contributed by atoms with Crippen LogP contribution in [0, 0.1) is 5.92 Å². The van der Waals surface area contributed by atoms with Gasteiger partial charge < -0.3 is 19.4 Å². The maximum absolute atomic E-state index is 12.7. The van der Waals surface area contributed by atoms with Crippen LogP contribution in [-0.2, 0) is 9.59 Å². The van der Waals surface area contributed by atoms with Gasteiger partial charge >= 0.3 is 0 Å². The van der Waals surface area contributed by atoms with Crippen LogP contribution in [0.25, 0.3) is 0 Å². The highest BCUT2D eigenvalue weighted by Gasteiger charge is 2.37. The van der Waals surface area contributed by atoms with Crippen molar-refractivity contribution in [2.75, 3.05) is 51.3 Å². The quantitative estimate of drug-likeness (QED) is 0.832. The van der Waals surface area contributed by atoms with Crippen molar-refractivity contribution < 1.29 is 14.3 Å². The van der Waals surface area contributed by atoms with E-state index in [1.807, 2.05) is 36.1 Å². The number of amides is 2. The molecular weight excluding hydrogens is 306 g/mol. The summed E-state index contributed by atoms with van der Waals surface area (Å²) >= 11 is 0. The first-order chi connectivity index (χ1) is 11.6. The third-order valence-corrected chi connectivity index (χ3v) is 4.75. The number of nitrogens with zero attached hydrogens (tertiary/aromatic N) is 3. The summed E-state index contributed by atoms with van der Waals surface area (Å²) in [6.45, 7) is 6.32. The highest BCUT2D eigenvalue weighted by molar-refractivity contribution is 6.00. The van der Waals surface area contributed by atoms with Crippen LogP contribution in [0.3, 0.4) is 0 Å². The van der Waals surface area contributed by atoms with Crippen molar-refractivity contribution in [1.82, 2.24) is 9.80 Å². The lowest BCUT2D eigenvalue weighted by molar-refractivity contribution is -0.137. The average molecular weight is 331 g/mol. The minimum atomic E-state index is -0.229. The zero-order valence-electron chi connectivity index (χ0n) is 14.4. The number of ether oxygens (including phenoxy) is 1. The molecule has 1 aromatic rings. The molecule has 2 saturated heterocycles. The van der Waals surface area contributed by atoms with Gasteiger partial charge in [-0.15, -0.1) is 0 Å². The van der Waals surface area contributed by atoms with Crippen LogP contribution in [0.2, 0.25) is 0 Å². The van der Waals surface area contributed by atoms with E-state index in [1.54, 1.807) is 4.90 Å². The molecule has 2 amide bonds. The van der Waals surface area contributed by atoms with Crippen molar-refractivity contribution >= 4 is 17.5 Å². The molecule has 0 radical (unpaired) electrons. The van der Waals surface area contributed by atoms with Crippen molar-refractivity contribution in [1.29, 1.82) is 0 Å². The van der Waals surface area contributed by atoms with E-state index < -0.39 is 0 Å². The highest BCUT2D eigenvalue weighted by atomic mass is 16.5. The topological polar surface area (TPSA) is 53.1 Å². The molecule has 0 N–H and O–H groups in total. The molecule has 2 aliphatic rings. The Morgan fingerprint density at radius 1 is 1.17 bits per heavy atom. The SMILES string of the molecule is CCOc1ccc(N2C[C@H](C(=O)N3CCN(C)CC3)CC2=O)cc1. The number of anilines is 1. The molecule has 130 valence electrons. The van der Waals surface area contributed by atoms with Gasteiger partial charge in [0, 0.05) is 44.8 Å². The molecule has 0 spiro atoms. The summed E-state index contributed by atoms with van der Waals surface area (Å²) < 4.78 is 5.43. The van der Waals surface area contributed by atoms with Crippen LogP contribution >= 0.6 is 0 Å². The molecule has 1 aromatic carbocycles. The zero-order chi connectivity index (χ0) is 17.1. The van der Waals surface area contributed by atoms with E-state index in [2.05, 4.69) is 11.9 Å². The molecule has 6 nitrogen and oxygen atoms in total. The molecule has 0 aromatic heterocycles. The summed E-state index contributed by atoms with van der Waals surface area (Å²) in [5.74, 6) is 0.696. The number of likely N-dealkylation sites (N-methyl/N-ethyl adjacent to an activating group) is 1. The van der Waals surface area contributed by atoms with Gasteiger partial charge in [-0.2, -0.15) is 0 Å². The first-order valence-corrected chi connectivity index (χ1v) is 8.59. The average Bonchev–Trinajstić information content (AvgIpc) is 2.98. The predicted octanol–water partition coefficient (Wildman–Crippen LogP) is 1.21. The van der Waals surface area contributed by atoms with Gasteiger partial charge in [-0.05, 0) is 38.2 Å². The standard InChI is InChI=1S/C18H25N3O3/c1-3-24-16-6-4-15(5-7-16)21-13-14(12-17(21)22)18(23)20-10-8-19(2)9-11-20/h4-7,14H,3,8-13H2,1-2H3/t14-/m1/s1. The molecule has 3 rings (SSSR count). The number of hydrogen-bond acceptors (Lipinski definition) is 4. The van der Waals surface area contributed by atoms with Gasteiger partial charge in [-0.25, -0.2) is 0 Å². The van der Waals surface area contributed by atoms with Crippen LogP contribution < -0.4 is 9.64 Å². The summed E-state index contributed by atoms with van der Waals surface area (Å²) in [5, 5.41) is 0. The molecule has 0 bridgehead atoms. The van der Waals surface area contributed by atoms with Gasteiger partial charge in [-0.1, -0.05) is 0 Å². The van der Waals surface area contributed by atoms with Crippen molar-refractivity contribution in [3.8, 4) is 5.75 Å². The van der Waals surface area contributed by atoms with Gasteiger partial charge in [0.25, 0.3) is 0 Å². The van der Waals surface area contributed by atoms with Crippen LogP contribution in [0.5, 0.6) is 5.75 Å². The first kappa shape index (κ1) is 16.8. The van der Waals surface area contributed by atoms with Crippen molar-refractivity contribution in [2.45, 2.75) is 13.3 Å². The van der Waals surface area contributed by atoms with Gasteiger partial charge in [0.15, 0.2) is 0 Å². The van der Waals surface area contributed by atoms with E-state index >= 15 is 0 Å². The van der Waals surface area contributed by atoms with Crippen molar-refractivity contribution in [3.05, 3.63) is 24.3 Å². The second kappa shape index (κ2) is 7.21. The van der Waals surface area contributed by atoms with E-state index in [0.29, 0.717) is 19.6 Å². The minimum Gasteiger partial charge on any atom is -0.494 e. The van der Waals surface area contributed by atoms with E-state index in [9.17, 15) is 9.59 Å². The minimum absolute atomic E-state index is 0.0200. The fourth-order valence-electron chi connectivity index (χ4n) is 3.30. The second-order valence-corrected chi connectivity index (χ2v) is 6.46. The van der Waals surface area contributed by atoms with E-state index in [0.717, 1.165) is 37.6 Å². The van der Waals surface area contributed by atoms with Crippen LogP contribution in [0.15, 0.2) is 24.3 Å². The van der Waals surface area contributed by atoms with Gasteiger partial charge in [0.05, 0.1) is 12.5 Å². The summed E-state index contributed by atoms with van der Waals surface area (Å²) in [5.41, 5.74) is 0.831. The second-order valence-electron chi connectivity index (χ2n) is 6.46. The third-order valence-electron chi connectivity index (χ3n) is 4.75. The van der Waals surface area contributed by atoms with Crippen LogP contribution in [0.1, 0.15) is 13.3 Å². The number of benzene rings is 1. The van der Waals surface area contributed by atoms with E-state index in [-0.39, 0.29) is 17.7 Å². The molecule has 0 saturated carbocycles. The Labute approximate surface area is 143 Å². The Kier molecular flexibility index (Phi) is 5.04. The Hall–Kier alpha value is -2.08. The Morgan fingerprint density at radius 3 is 2.46 bits per heavy atom. The summed E-state index contributed by atoms with van der Waals surface area (Å²) in [7, 11) is 2.06. The molecule has 2 fully saturated rings. The third kappa shape index (κ3) is 3.53.